The molecule has 3 aromatic carbocycles. The Morgan fingerprint density at radius 2 is 0.533 bits per heavy atom. The van der Waals surface area contributed by atoms with E-state index in [1.807, 2.05) is 0 Å². The number of hydrogen-bond donors (Lipinski definition) is 0. The Bertz CT molecular complexity index is 1790. The molecular weight excluding hydrogens is 616 g/mol. The summed E-state index contributed by atoms with van der Waals surface area (Å²) in [5.41, 5.74) is -6.19. The van der Waals surface area contributed by atoms with Crippen LogP contribution in [0.3, 0.4) is 0 Å². The highest BCUT2D eigenvalue weighted by molar-refractivity contribution is 6.12. The van der Waals surface area contributed by atoms with Gasteiger partial charge in [-0.2, -0.15) is 15.8 Å². The van der Waals surface area contributed by atoms with Crippen molar-refractivity contribution in [2.24, 2.45) is 0 Å². The van der Waals surface area contributed by atoms with Gasteiger partial charge in [0.25, 0.3) is 0 Å². The van der Waals surface area contributed by atoms with E-state index in [2.05, 4.69) is 0 Å². The van der Waals surface area contributed by atoms with Crippen LogP contribution in [-0.4, -0.2) is 0 Å². The van der Waals surface area contributed by atoms with E-state index in [9.17, 15) is 59.7 Å². The third-order valence-corrected chi connectivity index (χ3v) is 7.94. The fourth-order valence-corrected chi connectivity index (χ4v) is 5.17. The molecule has 3 aromatic rings. The van der Waals surface area contributed by atoms with Crippen molar-refractivity contribution >= 4 is 16.7 Å². The van der Waals surface area contributed by atoms with Crippen LogP contribution in [0, 0.1) is 127 Å². The first-order valence-corrected chi connectivity index (χ1v) is 12.6. The maximum Gasteiger partial charge on any atom is 0.200 e. The molecule has 0 aliphatic heterocycles. The predicted molar refractivity (Wildman–Crippen MR) is 140 cm³/mol. The van der Waals surface area contributed by atoms with Gasteiger partial charge in [-0.25, -0.2) is 43.9 Å². The first kappa shape index (κ1) is 32.6. The fourth-order valence-electron chi connectivity index (χ4n) is 5.17. The fraction of sp³-hybridized carbons (Fsp3) is 0.156. The zero-order valence-corrected chi connectivity index (χ0v) is 23.6. The number of hydrogen-bond acceptors (Lipinski definition) is 3. The van der Waals surface area contributed by atoms with Crippen LogP contribution in [0.2, 0.25) is 0 Å². The third-order valence-electron chi connectivity index (χ3n) is 7.94. The normalized spacial score (nSPS) is 15.7. The molecule has 4 rings (SSSR count). The lowest BCUT2D eigenvalue weighted by molar-refractivity contribution is 0.376. The second kappa shape index (κ2) is 11.3. The summed E-state index contributed by atoms with van der Waals surface area (Å²) in [4.78, 5) is 0. The molecule has 3 nitrogen and oxygen atoms in total. The van der Waals surface area contributed by atoms with Gasteiger partial charge in [0.1, 0.15) is 18.2 Å². The van der Waals surface area contributed by atoms with Crippen LogP contribution >= 0.6 is 0 Å². The van der Waals surface area contributed by atoms with E-state index < -0.39 is 103 Å². The highest BCUT2D eigenvalue weighted by Crippen LogP contribution is 2.57. The summed E-state index contributed by atoms with van der Waals surface area (Å²) in [7, 11) is 0. The van der Waals surface area contributed by atoms with Crippen molar-refractivity contribution in [3.05, 3.63) is 119 Å². The van der Waals surface area contributed by atoms with Crippen molar-refractivity contribution in [1.82, 2.24) is 0 Å². The molecule has 0 unspecified atom stereocenters. The van der Waals surface area contributed by atoms with Crippen molar-refractivity contribution in [2.75, 3.05) is 0 Å². The summed E-state index contributed by atoms with van der Waals surface area (Å²) in [6, 6.07) is 4.26. The van der Waals surface area contributed by atoms with Crippen LogP contribution in [0.15, 0.2) is 16.7 Å². The first-order chi connectivity index (χ1) is 21.0. The van der Waals surface area contributed by atoms with E-state index in [1.165, 1.54) is 12.1 Å². The van der Waals surface area contributed by atoms with E-state index in [0.717, 1.165) is 5.56 Å². The summed E-state index contributed by atoms with van der Waals surface area (Å²) in [5.74, 6) is -25.0. The zero-order chi connectivity index (χ0) is 34.0. The van der Waals surface area contributed by atoms with Gasteiger partial charge in [0, 0.05) is 16.7 Å². The molecule has 228 valence electrons. The minimum absolute atomic E-state index is 0.116. The van der Waals surface area contributed by atoms with Crippen molar-refractivity contribution in [1.29, 1.82) is 15.8 Å². The molecule has 13 heteroatoms. The average Bonchev–Trinajstić information content (AvgIpc) is 3.74. The molecular formula is C32H15F10N3. The molecule has 0 amide bonds. The largest absolute Gasteiger partial charge is 0.203 e. The molecule has 1 saturated carbocycles. The van der Waals surface area contributed by atoms with Gasteiger partial charge in [-0.15, -0.1) is 0 Å². The lowest BCUT2D eigenvalue weighted by Crippen LogP contribution is -2.07. The minimum Gasteiger partial charge on any atom is -0.203 e. The second-order valence-corrected chi connectivity index (χ2v) is 9.98. The monoisotopic (exact) mass is 631 g/mol. The topological polar surface area (TPSA) is 71.4 Å². The second-order valence-electron chi connectivity index (χ2n) is 9.98. The molecule has 0 bridgehead atoms. The zero-order valence-electron chi connectivity index (χ0n) is 23.6. The quantitative estimate of drug-likeness (QED) is 0.126. The standard InChI is InChI=1S/C32H15F10N3/c1-9-10(2)12(4)17(13(5)11(9)3)14(6-43)18-19(15(7-44)21-23(33)27(37)31(41)28(38)24(21)34)20(18)16(8-45)22-25(35)29(39)32(42)30(40)26(22)36/h1-5H3/b18-14-,19-15?,20-16-. The lowest BCUT2D eigenvalue weighted by atomic mass is 9.86. The van der Waals surface area contributed by atoms with Gasteiger partial charge in [-0.1, -0.05) is 0 Å². The number of allylic oxidation sites excluding steroid dienone is 6. The highest BCUT2D eigenvalue weighted by atomic mass is 19.2. The van der Waals surface area contributed by atoms with Crippen LogP contribution in [0.5, 0.6) is 0 Å². The molecule has 0 saturated heterocycles. The van der Waals surface area contributed by atoms with Crippen LogP contribution in [0.1, 0.15) is 44.5 Å². The molecule has 0 heterocycles. The van der Waals surface area contributed by atoms with Gasteiger partial charge >= 0.3 is 0 Å². The molecule has 1 aliphatic rings. The Kier molecular flexibility index (Phi) is 8.17. The predicted octanol–water partition coefficient (Wildman–Crippen LogP) is 8.87. The summed E-state index contributed by atoms with van der Waals surface area (Å²) >= 11 is 0. The van der Waals surface area contributed by atoms with Gasteiger partial charge in [0.05, 0.1) is 27.8 Å². The molecule has 0 atom stereocenters. The number of nitrogens with zero attached hydrogens (tertiary/aromatic N) is 3. The van der Waals surface area contributed by atoms with Gasteiger partial charge in [-0.3, -0.25) is 0 Å². The van der Waals surface area contributed by atoms with Crippen molar-refractivity contribution in [3.63, 3.8) is 0 Å². The van der Waals surface area contributed by atoms with E-state index in [-0.39, 0.29) is 5.56 Å². The number of nitriles is 3. The smallest absolute Gasteiger partial charge is 0.200 e. The SMILES string of the molecule is Cc1c(C)c(C)c(/C(C#N)=C2/C(=C(C#N)c3c(F)c(F)c(F)c(F)c3F)/C2=C(/C#N)c2c(F)c(F)c(F)c(F)c2F)c(C)c1C. The molecule has 0 radical (unpaired) electrons. The van der Waals surface area contributed by atoms with Crippen molar-refractivity contribution < 1.29 is 43.9 Å². The highest BCUT2D eigenvalue weighted by Gasteiger charge is 2.45. The van der Waals surface area contributed by atoms with E-state index >= 15 is 0 Å². The van der Waals surface area contributed by atoms with Gasteiger partial charge < -0.3 is 0 Å². The van der Waals surface area contributed by atoms with Crippen molar-refractivity contribution in [2.45, 2.75) is 34.6 Å². The van der Waals surface area contributed by atoms with E-state index in [0.29, 0.717) is 22.3 Å². The number of rotatable bonds is 3. The van der Waals surface area contributed by atoms with E-state index in [1.54, 1.807) is 40.7 Å². The molecule has 0 aromatic heterocycles. The molecule has 1 aliphatic carbocycles. The summed E-state index contributed by atoms with van der Waals surface area (Å²) in [5, 5.41) is 30.2. The van der Waals surface area contributed by atoms with E-state index in [4.69, 9.17) is 0 Å². The van der Waals surface area contributed by atoms with Crippen LogP contribution < -0.4 is 0 Å². The Hall–Kier alpha value is -5.35. The van der Waals surface area contributed by atoms with Gasteiger partial charge in [0.15, 0.2) is 46.5 Å². The molecule has 0 spiro atoms. The Morgan fingerprint density at radius 3 is 0.778 bits per heavy atom. The minimum atomic E-state index is -2.58. The average molecular weight is 631 g/mol. The van der Waals surface area contributed by atoms with Crippen LogP contribution in [0.25, 0.3) is 16.7 Å². The Labute approximate surface area is 248 Å². The first-order valence-electron chi connectivity index (χ1n) is 12.6. The van der Waals surface area contributed by atoms with Crippen molar-refractivity contribution in [3.8, 4) is 18.2 Å². The summed E-state index contributed by atoms with van der Waals surface area (Å²) < 4.78 is 144. The third kappa shape index (κ3) is 4.56. The molecule has 1 fully saturated rings. The van der Waals surface area contributed by atoms with Crippen LogP contribution in [-0.2, 0) is 0 Å². The van der Waals surface area contributed by atoms with Crippen LogP contribution in [0.4, 0.5) is 43.9 Å². The van der Waals surface area contributed by atoms with Gasteiger partial charge in [0.2, 0.25) is 11.6 Å². The maximum atomic E-state index is 14.9. The lowest BCUT2D eigenvalue weighted by Gasteiger charge is -2.18. The number of benzene rings is 3. The Morgan fingerprint density at radius 1 is 0.333 bits per heavy atom. The Balaban J connectivity index is 2.36. The summed E-state index contributed by atoms with van der Waals surface area (Å²) in [6.07, 6.45) is 0. The summed E-state index contributed by atoms with van der Waals surface area (Å²) in [6.45, 7) is 8.22. The van der Waals surface area contributed by atoms with Gasteiger partial charge in [-0.05, 0) is 68.0 Å². The number of halogens is 10. The molecule has 45 heavy (non-hydrogen) atoms. The molecule has 0 N–H and O–H groups in total. The maximum absolute atomic E-state index is 14.9.